The van der Waals surface area contributed by atoms with Crippen molar-refractivity contribution in [3.05, 3.63) is 82.6 Å². The SMILES string of the molecule is CCN(CC)c1ccc(C2=NN(c3ccccc3)C(c3ccsc3)C2)cc1. The van der Waals surface area contributed by atoms with E-state index >= 15 is 0 Å². The molecule has 0 N–H and O–H groups in total. The van der Waals surface area contributed by atoms with Crippen LogP contribution in [0, 0.1) is 0 Å². The smallest absolute Gasteiger partial charge is 0.0839 e. The number of anilines is 2. The Hall–Kier alpha value is -2.59. The van der Waals surface area contributed by atoms with Gasteiger partial charge in [-0.2, -0.15) is 16.4 Å². The summed E-state index contributed by atoms with van der Waals surface area (Å²) in [5.74, 6) is 0. The van der Waals surface area contributed by atoms with Crippen molar-refractivity contribution in [1.29, 1.82) is 0 Å². The van der Waals surface area contributed by atoms with Gasteiger partial charge >= 0.3 is 0 Å². The Kier molecular flexibility index (Phi) is 5.26. The van der Waals surface area contributed by atoms with Gasteiger partial charge in [0.05, 0.1) is 17.4 Å². The van der Waals surface area contributed by atoms with E-state index in [1.54, 1.807) is 11.3 Å². The molecule has 0 aliphatic carbocycles. The van der Waals surface area contributed by atoms with Gasteiger partial charge in [0.2, 0.25) is 0 Å². The van der Waals surface area contributed by atoms with Gasteiger partial charge in [-0.1, -0.05) is 30.3 Å². The zero-order valence-electron chi connectivity index (χ0n) is 15.9. The number of hydrogen-bond donors (Lipinski definition) is 0. The standard InChI is InChI=1S/C23H25N3S/c1-3-25(4-2)20-12-10-18(11-13-20)22-16-23(19-14-15-27-17-19)26(24-22)21-8-6-5-7-9-21/h5-15,17,23H,3-4,16H2,1-2H3. The number of hydrazone groups is 1. The van der Waals surface area contributed by atoms with E-state index in [-0.39, 0.29) is 6.04 Å². The minimum Gasteiger partial charge on any atom is -0.372 e. The fourth-order valence-corrected chi connectivity index (χ4v) is 4.39. The summed E-state index contributed by atoms with van der Waals surface area (Å²) in [5, 5.41) is 11.6. The van der Waals surface area contributed by atoms with E-state index in [0.29, 0.717) is 0 Å². The summed E-state index contributed by atoms with van der Waals surface area (Å²) in [6, 6.07) is 21.8. The van der Waals surface area contributed by atoms with Crippen LogP contribution in [0.3, 0.4) is 0 Å². The second-order valence-corrected chi connectivity index (χ2v) is 7.50. The van der Waals surface area contributed by atoms with Crippen molar-refractivity contribution in [2.75, 3.05) is 23.0 Å². The molecule has 3 nitrogen and oxygen atoms in total. The molecular formula is C23H25N3S. The molecule has 4 rings (SSSR count). The van der Waals surface area contributed by atoms with Gasteiger partial charge in [0.1, 0.15) is 0 Å². The molecule has 0 saturated carbocycles. The van der Waals surface area contributed by atoms with Crippen LogP contribution in [0.4, 0.5) is 11.4 Å². The maximum atomic E-state index is 5.02. The topological polar surface area (TPSA) is 18.8 Å². The molecule has 2 heterocycles. The molecule has 27 heavy (non-hydrogen) atoms. The van der Waals surface area contributed by atoms with Crippen molar-refractivity contribution in [3.63, 3.8) is 0 Å². The van der Waals surface area contributed by atoms with E-state index in [4.69, 9.17) is 5.10 Å². The monoisotopic (exact) mass is 375 g/mol. The van der Waals surface area contributed by atoms with Crippen molar-refractivity contribution in [2.45, 2.75) is 26.3 Å². The van der Waals surface area contributed by atoms with Crippen LogP contribution in [0.1, 0.15) is 37.4 Å². The second kappa shape index (κ2) is 7.97. The van der Waals surface area contributed by atoms with Crippen LogP contribution in [0.15, 0.2) is 76.5 Å². The summed E-state index contributed by atoms with van der Waals surface area (Å²) >= 11 is 1.75. The highest BCUT2D eigenvalue weighted by Gasteiger charge is 2.30. The minimum absolute atomic E-state index is 0.260. The van der Waals surface area contributed by atoms with Gasteiger partial charge < -0.3 is 4.90 Å². The fourth-order valence-electron chi connectivity index (χ4n) is 3.68. The summed E-state index contributed by atoms with van der Waals surface area (Å²) in [6.07, 6.45) is 0.927. The largest absolute Gasteiger partial charge is 0.372 e. The highest BCUT2D eigenvalue weighted by molar-refractivity contribution is 7.08. The average molecular weight is 376 g/mol. The van der Waals surface area contributed by atoms with Gasteiger partial charge in [-0.3, -0.25) is 5.01 Å². The van der Waals surface area contributed by atoms with Crippen LogP contribution in [0.25, 0.3) is 0 Å². The molecule has 0 radical (unpaired) electrons. The van der Waals surface area contributed by atoms with Gasteiger partial charge in [0.25, 0.3) is 0 Å². The predicted octanol–water partition coefficient (Wildman–Crippen LogP) is 5.95. The maximum absolute atomic E-state index is 5.02. The number of hydrogen-bond acceptors (Lipinski definition) is 4. The molecule has 0 bridgehead atoms. The molecule has 1 aliphatic heterocycles. The Morgan fingerprint density at radius 1 is 1.00 bits per heavy atom. The zero-order chi connectivity index (χ0) is 18.6. The molecule has 138 valence electrons. The van der Waals surface area contributed by atoms with Crippen LogP contribution >= 0.6 is 11.3 Å². The van der Waals surface area contributed by atoms with Crippen LogP contribution in [-0.2, 0) is 0 Å². The first kappa shape index (κ1) is 17.8. The minimum atomic E-state index is 0.260. The van der Waals surface area contributed by atoms with Crippen molar-refractivity contribution in [1.82, 2.24) is 0 Å². The molecule has 0 fully saturated rings. The van der Waals surface area contributed by atoms with E-state index in [1.165, 1.54) is 16.8 Å². The Bertz CT molecular complexity index is 881. The molecule has 0 spiro atoms. The van der Waals surface area contributed by atoms with E-state index < -0.39 is 0 Å². The van der Waals surface area contributed by atoms with E-state index in [9.17, 15) is 0 Å². The summed E-state index contributed by atoms with van der Waals surface area (Å²) in [6.45, 7) is 6.45. The van der Waals surface area contributed by atoms with Crippen LogP contribution in [-0.4, -0.2) is 18.8 Å². The number of para-hydroxylation sites is 1. The Morgan fingerprint density at radius 3 is 2.37 bits per heavy atom. The van der Waals surface area contributed by atoms with Gasteiger partial charge in [0.15, 0.2) is 0 Å². The lowest BCUT2D eigenvalue weighted by Crippen LogP contribution is -2.21. The predicted molar refractivity (Wildman–Crippen MR) is 117 cm³/mol. The third kappa shape index (κ3) is 3.62. The highest BCUT2D eigenvalue weighted by atomic mass is 32.1. The van der Waals surface area contributed by atoms with Crippen molar-refractivity contribution < 1.29 is 0 Å². The quantitative estimate of drug-likeness (QED) is 0.530. The molecule has 1 aliphatic rings. The summed E-state index contributed by atoms with van der Waals surface area (Å²) in [5.41, 5.74) is 6.12. The van der Waals surface area contributed by atoms with Crippen molar-refractivity contribution >= 4 is 28.4 Å². The highest BCUT2D eigenvalue weighted by Crippen LogP contribution is 2.37. The van der Waals surface area contributed by atoms with Crippen LogP contribution in [0.5, 0.6) is 0 Å². The lowest BCUT2D eigenvalue weighted by molar-refractivity contribution is 0.712. The molecular weight excluding hydrogens is 350 g/mol. The Labute approximate surface area is 165 Å². The molecule has 0 amide bonds. The molecule has 0 saturated heterocycles. The summed E-state index contributed by atoms with van der Waals surface area (Å²) < 4.78 is 0. The molecule has 1 aromatic heterocycles. The van der Waals surface area contributed by atoms with Crippen molar-refractivity contribution in [3.8, 4) is 0 Å². The lowest BCUT2D eigenvalue weighted by Gasteiger charge is -2.22. The zero-order valence-corrected chi connectivity index (χ0v) is 16.7. The van der Waals surface area contributed by atoms with Gasteiger partial charge in [0, 0.05) is 25.2 Å². The van der Waals surface area contributed by atoms with E-state index in [0.717, 1.165) is 30.9 Å². The molecule has 3 aromatic rings. The van der Waals surface area contributed by atoms with Crippen LogP contribution < -0.4 is 9.91 Å². The van der Waals surface area contributed by atoms with E-state index in [1.807, 2.05) is 0 Å². The van der Waals surface area contributed by atoms with Crippen LogP contribution in [0.2, 0.25) is 0 Å². The third-order valence-electron chi connectivity index (χ3n) is 5.19. The average Bonchev–Trinajstić information content (AvgIpc) is 3.40. The number of thiophene rings is 1. The number of benzene rings is 2. The first-order valence-corrected chi connectivity index (χ1v) is 10.5. The van der Waals surface area contributed by atoms with Crippen molar-refractivity contribution in [2.24, 2.45) is 5.10 Å². The lowest BCUT2D eigenvalue weighted by atomic mass is 10.00. The van der Waals surface area contributed by atoms with Gasteiger partial charge in [-0.25, -0.2) is 0 Å². The molecule has 4 heteroatoms. The molecule has 2 aromatic carbocycles. The number of rotatable bonds is 6. The van der Waals surface area contributed by atoms with Gasteiger partial charge in [-0.05, 0) is 66.1 Å². The Morgan fingerprint density at radius 2 is 1.74 bits per heavy atom. The van der Waals surface area contributed by atoms with Gasteiger partial charge in [-0.15, -0.1) is 0 Å². The maximum Gasteiger partial charge on any atom is 0.0839 e. The third-order valence-corrected chi connectivity index (χ3v) is 5.89. The molecule has 1 atom stereocenters. The summed E-state index contributed by atoms with van der Waals surface area (Å²) in [4.78, 5) is 2.37. The first-order valence-electron chi connectivity index (χ1n) is 9.59. The number of nitrogens with zero attached hydrogens (tertiary/aromatic N) is 3. The normalized spacial score (nSPS) is 16.4. The van der Waals surface area contributed by atoms with E-state index in [2.05, 4.69) is 95.2 Å². The fraction of sp³-hybridized carbons (Fsp3) is 0.261. The Balaban J connectivity index is 1.65. The summed E-state index contributed by atoms with van der Waals surface area (Å²) in [7, 11) is 0. The second-order valence-electron chi connectivity index (χ2n) is 6.72. The molecule has 1 unspecified atom stereocenters. The first-order chi connectivity index (χ1) is 13.3.